The summed E-state index contributed by atoms with van der Waals surface area (Å²) >= 11 is 0. The maximum absolute atomic E-state index is 4.50. The van der Waals surface area contributed by atoms with Crippen molar-refractivity contribution in [2.75, 3.05) is 13.2 Å². The third-order valence-electron chi connectivity index (χ3n) is 0.204. The molecular weight excluding hydrogens is 172 g/mol. The first kappa shape index (κ1) is 29.2. The summed E-state index contributed by atoms with van der Waals surface area (Å²) in [6, 6.07) is 0. The Hall–Kier alpha value is -0.0400. The van der Waals surface area contributed by atoms with Crippen molar-refractivity contribution in [2.45, 2.75) is 75.7 Å². The largest absolute Gasteiger partial charge is 1.00 e. The summed E-state index contributed by atoms with van der Waals surface area (Å²) in [5.41, 5.74) is 0. The van der Waals surface area contributed by atoms with Crippen molar-refractivity contribution in [1.82, 2.24) is 0 Å². The van der Waals surface area contributed by atoms with E-state index in [0.29, 0.717) is 0 Å². The number of hydrogen-bond donors (Lipinski definition) is 0. The quantitative estimate of drug-likeness (QED) is 0.470. The van der Waals surface area contributed by atoms with Crippen LogP contribution in [0.2, 0.25) is 0 Å². The van der Waals surface area contributed by atoms with Gasteiger partial charge in [0, 0.05) is 0 Å². The molecule has 0 N–H and O–H groups in total. The molecule has 0 aromatic carbocycles. The Morgan fingerprint density at radius 1 is 0.714 bits per heavy atom. The molecule has 0 saturated carbocycles. The zero-order valence-corrected chi connectivity index (χ0v) is 9.94. The molecule has 1 saturated heterocycles. The average molecular weight is 209 g/mol. The van der Waals surface area contributed by atoms with Crippen molar-refractivity contribution in [2.24, 2.45) is 0 Å². The van der Waals surface area contributed by atoms with Gasteiger partial charge in [-0.2, -0.15) is 0 Å². The summed E-state index contributed by atoms with van der Waals surface area (Å²) < 4.78 is 4.50. The number of ether oxygens (including phenoxy) is 1. The summed E-state index contributed by atoms with van der Waals surface area (Å²) in [6.07, 6.45) is 3.75. The van der Waals surface area contributed by atoms with Gasteiger partial charge in [0.15, 0.2) is 0 Å². The van der Waals surface area contributed by atoms with E-state index in [9.17, 15) is 0 Å². The molecule has 0 aromatic rings. The highest BCUT2D eigenvalue weighted by atomic mass is 16.6. The van der Waals surface area contributed by atoms with Crippen LogP contribution in [0.1, 0.15) is 77.1 Å². The molecule has 0 aromatic heterocycles. The molecule has 0 bridgehead atoms. The monoisotopic (exact) mass is 209 g/mol. The highest BCUT2D eigenvalue weighted by molar-refractivity contribution is 4.36. The summed E-state index contributed by atoms with van der Waals surface area (Å²) in [4.78, 5) is 0. The van der Waals surface area contributed by atoms with Crippen LogP contribution in [0.5, 0.6) is 0 Å². The van der Waals surface area contributed by atoms with E-state index in [1.807, 2.05) is 0 Å². The summed E-state index contributed by atoms with van der Waals surface area (Å²) in [5.74, 6) is 0. The third kappa shape index (κ3) is 1560. The second kappa shape index (κ2) is 52.2. The van der Waals surface area contributed by atoms with Crippen LogP contribution in [0.25, 0.3) is 0 Å². The molecule has 1 aliphatic rings. The summed E-state index contributed by atoms with van der Waals surface area (Å²) in [6.45, 7) is 14.8. The second-order valence-electron chi connectivity index (χ2n) is 2.73. The molecule has 94 valence electrons. The summed E-state index contributed by atoms with van der Waals surface area (Å²) in [7, 11) is 0. The normalized spacial score (nSPS) is 9.00. The molecule has 1 nitrogen and oxygen atoms in total. The van der Waals surface area contributed by atoms with Gasteiger partial charge in [0.05, 0.1) is 13.2 Å². The predicted molar refractivity (Wildman–Crippen MR) is 73.3 cm³/mol. The van der Waals surface area contributed by atoms with Gasteiger partial charge in [-0.3, -0.25) is 0 Å². The topological polar surface area (TPSA) is 12.5 Å². The molecule has 0 atom stereocenters. The molecular formula is C13H37O+. The van der Waals surface area contributed by atoms with Crippen LogP contribution in [-0.2, 0) is 4.74 Å². The molecule has 1 fully saturated rings. The van der Waals surface area contributed by atoms with Crippen molar-refractivity contribution >= 4 is 0 Å². The Bertz CT molecular complexity index is 32.0. The van der Waals surface area contributed by atoms with Gasteiger partial charge in [-0.25, -0.2) is 0 Å². The number of rotatable bonds is 0. The average Bonchev–Trinajstić information content (AvgIpc) is 2.74. The molecule has 0 unspecified atom stereocenters. The minimum Gasteiger partial charge on any atom is -0.377 e. The number of epoxide rings is 1. The lowest BCUT2D eigenvalue weighted by Crippen LogP contribution is -1.27. The van der Waals surface area contributed by atoms with Crippen LogP contribution in [0.4, 0.5) is 0 Å². The Balaban J connectivity index is -0.0000000169. The van der Waals surface area contributed by atoms with Crippen LogP contribution in [0, 0.1) is 0 Å². The van der Waals surface area contributed by atoms with E-state index in [-0.39, 0.29) is 16.3 Å². The Morgan fingerprint density at radius 3 is 0.786 bits per heavy atom. The van der Waals surface area contributed by atoms with Crippen molar-refractivity contribution in [1.29, 1.82) is 0 Å². The van der Waals surface area contributed by atoms with Gasteiger partial charge in [-0.1, -0.05) is 75.7 Å². The minimum absolute atomic E-state index is 0. The van der Waals surface area contributed by atoms with Gasteiger partial charge in [0.2, 0.25) is 0 Å². The molecule has 1 heterocycles. The third-order valence-corrected chi connectivity index (χ3v) is 0.204. The van der Waals surface area contributed by atoms with Crippen LogP contribution in [0.3, 0.4) is 0 Å². The Labute approximate surface area is 95.7 Å². The molecule has 0 amide bonds. The Morgan fingerprint density at radius 2 is 0.786 bits per heavy atom. The van der Waals surface area contributed by atoms with Crippen LogP contribution in [-0.4, -0.2) is 13.2 Å². The molecule has 0 radical (unpaired) electrons. The molecule has 1 rings (SSSR count). The van der Waals surface area contributed by atoms with E-state index in [1.165, 1.54) is 19.3 Å². The lowest BCUT2D eigenvalue weighted by atomic mass is 10.6. The first-order valence-electron chi connectivity index (χ1n) is 5.32. The van der Waals surface area contributed by atoms with E-state index >= 15 is 0 Å². The lowest BCUT2D eigenvalue weighted by Gasteiger charge is -1.48. The van der Waals surface area contributed by atoms with Gasteiger partial charge < -0.3 is 4.74 Å². The fraction of sp³-hybridized carbons (Fsp3) is 1.00. The van der Waals surface area contributed by atoms with Crippen molar-refractivity contribution < 1.29 is 6.16 Å². The summed E-state index contributed by atoms with van der Waals surface area (Å²) in [5, 5.41) is 0. The van der Waals surface area contributed by atoms with Gasteiger partial charge in [-0.05, 0) is 0 Å². The second-order valence-corrected chi connectivity index (χ2v) is 2.73. The Kier molecular flexibility index (Phi) is 109. The standard InChI is InChI=1S/3C3H8.C2H4O.2CH4/c3*1-3-2;1-2-3-1;;/h3*3H2,1-2H3;1-2H2;2*1H4/p+1. The van der Waals surface area contributed by atoms with Crippen molar-refractivity contribution in [3.8, 4) is 0 Å². The molecule has 0 spiro atoms. The fourth-order valence-electron chi connectivity index (χ4n) is 0. The van der Waals surface area contributed by atoms with E-state index in [0.717, 1.165) is 13.2 Å². The smallest absolute Gasteiger partial charge is 0.377 e. The maximum Gasteiger partial charge on any atom is 1.00 e. The van der Waals surface area contributed by atoms with Gasteiger partial charge in [-0.15, -0.1) is 0 Å². The highest BCUT2D eigenvalue weighted by Gasteiger charge is 1.94. The zero-order valence-electron chi connectivity index (χ0n) is 10.9. The maximum atomic E-state index is 4.50. The molecule has 0 aliphatic carbocycles. The molecule has 1 heteroatoms. The van der Waals surface area contributed by atoms with E-state index < -0.39 is 0 Å². The first-order valence-corrected chi connectivity index (χ1v) is 5.32. The van der Waals surface area contributed by atoms with E-state index in [2.05, 4.69) is 46.3 Å². The fourth-order valence-corrected chi connectivity index (χ4v) is 0. The molecule has 14 heavy (non-hydrogen) atoms. The van der Waals surface area contributed by atoms with Crippen LogP contribution >= 0.6 is 0 Å². The van der Waals surface area contributed by atoms with E-state index in [4.69, 9.17) is 0 Å². The SMILES string of the molecule is C.C.C1CO1.CCC.CCC.CCC.[H+]. The highest BCUT2D eigenvalue weighted by Crippen LogP contribution is 1.84. The predicted octanol–water partition coefficient (Wildman–Crippen LogP) is 5.65. The van der Waals surface area contributed by atoms with Crippen LogP contribution in [0.15, 0.2) is 0 Å². The van der Waals surface area contributed by atoms with Gasteiger partial charge >= 0.3 is 1.43 Å². The van der Waals surface area contributed by atoms with Crippen molar-refractivity contribution in [3.63, 3.8) is 0 Å². The number of hydrogen-bond acceptors (Lipinski definition) is 1. The lowest BCUT2D eigenvalue weighted by molar-refractivity contribution is 0.475. The minimum atomic E-state index is 0. The molecule has 1 aliphatic heterocycles. The first-order chi connectivity index (χ1) is 5.74. The van der Waals surface area contributed by atoms with Crippen molar-refractivity contribution in [3.05, 3.63) is 0 Å². The van der Waals surface area contributed by atoms with E-state index in [1.54, 1.807) is 0 Å². The zero-order chi connectivity index (χ0) is 10.2. The van der Waals surface area contributed by atoms with Gasteiger partial charge in [0.1, 0.15) is 0 Å². The van der Waals surface area contributed by atoms with Gasteiger partial charge in [0.25, 0.3) is 0 Å². The van der Waals surface area contributed by atoms with Crippen LogP contribution < -0.4 is 0 Å².